The minimum Gasteiger partial charge on any atom is -0.478 e. The molecule has 0 aliphatic rings. The van der Waals surface area contributed by atoms with Crippen LogP contribution in [0.5, 0.6) is 0 Å². The normalized spacial score (nSPS) is 11.0. The van der Waals surface area contributed by atoms with Crippen LogP contribution in [0.2, 0.25) is 0 Å². The summed E-state index contributed by atoms with van der Waals surface area (Å²) in [6.45, 7) is 0.908. The highest BCUT2D eigenvalue weighted by atomic mass is 19.3. The van der Waals surface area contributed by atoms with E-state index in [4.69, 9.17) is 5.11 Å². The van der Waals surface area contributed by atoms with Crippen LogP contribution < -0.4 is 5.32 Å². The number of hydrogen-bond donors (Lipinski definition) is 2. The lowest BCUT2D eigenvalue weighted by Gasteiger charge is -2.09. The second-order valence-corrected chi connectivity index (χ2v) is 4.53. The van der Waals surface area contributed by atoms with E-state index in [9.17, 15) is 18.4 Å². The van der Waals surface area contributed by atoms with Crippen molar-refractivity contribution in [2.24, 2.45) is 7.05 Å². The lowest BCUT2D eigenvalue weighted by molar-refractivity contribution is 0.0692. The Morgan fingerprint density at radius 1 is 1.45 bits per heavy atom. The number of nitrogens with one attached hydrogen (secondary N) is 1. The molecule has 0 bridgehead atoms. The van der Waals surface area contributed by atoms with Crippen molar-refractivity contribution in [2.45, 2.75) is 19.9 Å². The first-order valence-electron chi connectivity index (χ1n) is 6.19. The summed E-state index contributed by atoms with van der Waals surface area (Å²) in [6, 6.07) is 1.41. The zero-order valence-corrected chi connectivity index (χ0v) is 11.7. The van der Waals surface area contributed by atoms with Crippen LogP contribution in [-0.2, 0) is 13.6 Å². The molecule has 0 fully saturated rings. The van der Waals surface area contributed by atoms with E-state index in [0.29, 0.717) is 5.69 Å². The molecule has 2 aromatic heterocycles. The van der Waals surface area contributed by atoms with Crippen LogP contribution in [0.25, 0.3) is 0 Å². The maximum Gasteiger partial charge on any atom is 0.339 e. The molecule has 0 atom stereocenters. The average Bonchev–Trinajstić information content (AvgIpc) is 2.92. The molecule has 0 aromatic carbocycles. The van der Waals surface area contributed by atoms with Crippen molar-refractivity contribution in [3.05, 3.63) is 29.2 Å². The van der Waals surface area contributed by atoms with Gasteiger partial charge in [-0.3, -0.25) is 9.48 Å². The van der Waals surface area contributed by atoms with Crippen LogP contribution in [0.15, 0.2) is 12.3 Å². The Kier molecular flexibility index (Phi) is 4.20. The van der Waals surface area contributed by atoms with Gasteiger partial charge < -0.3 is 10.4 Å². The van der Waals surface area contributed by atoms with E-state index >= 15 is 0 Å². The SMILES string of the molecule is Cc1cc(NC(=O)c2c(C(=O)O)cnn2C)n(CC(F)F)n1. The fourth-order valence-electron chi connectivity index (χ4n) is 1.95. The lowest BCUT2D eigenvalue weighted by Crippen LogP contribution is -2.22. The van der Waals surface area contributed by atoms with Crippen molar-refractivity contribution < 1.29 is 23.5 Å². The van der Waals surface area contributed by atoms with Gasteiger partial charge in [0.25, 0.3) is 12.3 Å². The number of carbonyl (C=O) groups is 2. The minimum absolute atomic E-state index is 0.0559. The molecule has 0 aliphatic carbocycles. The molecule has 0 spiro atoms. The number of carboxylic acids is 1. The predicted molar refractivity (Wildman–Crippen MR) is 71.1 cm³/mol. The molecule has 0 aliphatic heterocycles. The first-order chi connectivity index (χ1) is 10.3. The molecule has 2 heterocycles. The van der Waals surface area contributed by atoms with Crippen molar-refractivity contribution in [3.8, 4) is 0 Å². The minimum atomic E-state index is -2.64. The lowest BCUT2D eigenvalue weighted by atomic mass is 10.2. The van der Waals surface area contributed by atoms with E-state index in [-0.39, 0.29) is 17.1 Å². The van der Waals surface area contributed by atoms with E-state index in [1.807, 2.05) is 0 Å². The smallest absolute Gasteiger partial charge is 0.339 e. The van der Waals surface area contributed by atoms with E-state index in [1.54, 1.807) is 6.92 Å². The molecular weight excluding hydrogens is 300 g/mol. The zero-order valence-electron chi connectivity index (χ0n) is 11.7. The molecule has 0 saturated heterocycles. The molecule has 0 radical (unpaired) electrons. The number of alkyl halides is 2. The second-order valence-electron chi connectivity index (χ2n) is 4.53. The Morgan fingerprint density at radius 2 is 2.14 bits per heavy atom. The fraction of sp³-hybridized carbons (Fsp3) is 0.333. The summed E-state index contributed by atoms with van der Waals surface area (Å²) < 4.78 is 27.0. The molecular formula is C12H13F2N5O3. The van der Waals surface area contributed by atoms with Crippen LogP contribution in [0.3, 0.4) is 0 Å². The number of amides is 1. The number of nitrogens with zero attached hydrogens (tertiary/aromatic N) is 4. The Bertz CT molecular complexity index is 722. The number of aryl methyl sites for hydroxylation is 2. The van der Waals surface area contributed by atoms with Gasteiger partial charge in [0.1, 0.15) is 23.6 Å². The monoisotopic (exact) mass is 313 g/mol. The summed E-state index contributed by atoms with van der Waals surface area (Å²) in [7, 11) is 1.41. The van der Waals surface area contributed by atoms with Crippen LogP contribution in [0, 0.1) is 6.92 Å². The molecule has 0 unspecified atom stereocenters. The van der Waals surface area contributed by atoms with Crippen LogP contribution >= 0.6 is 0 Å². The van der Waals surface area contributed by atoms with Crippen molar-refractivity contribution in [1.29, 1.82) is 0 Å². The molecule has 22 heavy (non-hydrogen) atoms. The Labute approximate surface area is 123 Å². The first-order valence-corrected chi connectivity index (χ1v) is 6.19. The summed E-state index contributed by atoms with van der Waals surface area (Å²) in [5.74, 6) is -2.02. The van der Waals surface area contributed by atoms with Crippen molar-refractivity contribution in [1.82, 2.24) is 19.6 Å². The van der Waals surface area contributed by atoms with Gasteiger partial charge in [0.2, 0.25) is 0 Å². The van der Waals surface area contributed by atoms with Gasteiger partial charge in [-0.15, -0.1) is 0 Å². The highest BCUT2D eigenvalue weighted by molar-refractivity contribution is 6.09. The van der Waals surface area contributed by atoms with Crippen molar-refractivity contribution in [3.63, 3.8) is 0 Å². The average molecular weight is 313 g/mol. The molecule has 10 heteroatoms. The van der Waals surface area contributed by atoms with E-state index in [0.717, 1.165) is 15.6 Å². The number of carbonyl (C=O) groups excluding carboxylic acids is 1. The maximum absolute atomic E-state index is 12.5. The molecule has 2 N–H and O–H groups in total. The van der Waals surface area contributed by atoms with Crippen molar-refractivity contribution in [2.75, 3.05) is 5.32 Å². The third-order valence-corrected chi connectivity index (χ3v) is 2.84. The van der Waals surface area contributed by atoms with Gasteiger partial charge in [-0.25, -0.2) is 18.3 Å². The topological polar surface area (TPSA) is 102 Å². The molecule has 2 rings (SSSR count). The zero-order chi connectivity index (χ0) is 16.4. The first kappa shape index (κ1) is 15.6. The molecule has 8 nitrogen and oxygen atoms in total. The molecule has 2 aromatic rings. The van der Waals surface area contributed by atoms with E-state index in [1.165, 1.54) is 13.1 Å². The van der Waals surface area contributed by atoms with Gasteiger partial charge in [-0.1, -0.05) is 0 Å². The highest BCUT2D eigenvalue weighted by Gasteiger charge is 2.23. The standard InChI is InChI=1S/C12H13F2N5O3/c1-6-3-9(19(17-6)5-8(13)14)16-11(20)10-7(12(21)22)4-15-18(10)2/h3-4,8H,5H2,1-2H3,(H,16,20)(H,21,22). The summed E-state index contributed by atoms with van der Waals surface area (Å²) in [4.78, 5) is 23.3. The predicted octanol–water partition coefficient (Wildman–Crippen LogP) is 1.14. The van der Waals surface area contributed by atoms with Crippen LogP contribution in [0.4, 0.5) is 14.6 Å². The summed E-state index contributed by atoms with van der Waals surface area (Å²) in [6.07, 6.45) is -1.60. The van der Waals surface area contributed by atoms with Gasteiger partial charge in [0, 0.05) is 13.1 Å². The highest BCUT2D eigenvalue weighted by Crippen LogP contribution is 2.15. The molecule has 118 valence electrons. The third kappa shape index (κ3) is 3.10. The van der Waals surface area contributed by atoms with E-state index < -0.39 is 24.8 Å². The Hall–Kier alpha value is -2.78. The van der Waals surface area contributed by atoms with Gasteiger partial charge in [0.05, 0.1) is 11.9 Å². The third-order valence-electron chi connectivity index (χ3n) is 2.84. The Balaban J connectivity index is 2.30. The number of hydrogen-bond acceptors (Lipinski definition) is 4. The van der Waals surface area contributed by atoms with Gasteiger partial charge in [-0.05, 0) is 6.92 Å². The maximum atomic E-state index is 12.5. The van der Waals surface area contributed by atoms with Crippen molar-refractivity contribution >= 4 is 17.7 Å². The molecule has 1 amide bonds. The van der Waals surface area contributed by atoms with Crippen LogP contribution in [-0.4, -0.2) is 43.0 Å². The number of anilines is 1. The van der Waals surface area contributed by atoms with Crippen LogP contribution in [0.1, 0.15) is 26.5 Å². The van der Waals surface area contributed by atoms with E-state index in [2.05, 4.69) is 15.5 Å². The molecule has 0 saturated carbocycles. The van der Waals surface area contributed by atoms with Gasteiger partial charge >= 0.3 is 5.97 Å². The summed E-state index contributed by atoms with van der Waals surface area (Å²) >= 11 is 0. The number of rotatable bonds is 5. The number of carboxylic acid groups (broad SMARTS) is 1. The summed E-state index contributed by atoms with van der Waals surface area (Å²) in [5, 5.41) is 19.0. The number of aromatic carboxylic acids is 1. The Morgan fingerprint density at radius 3 is 2.73 bits per heavy atom. The fourth-order valence-corrected chi connectivity index (χ4v) is 1.95. The second kappa shape index (κ2) is 5.92. The largest absolute Gasteiger partial charge is 0.478 e. The summed E-state index contributed by atoms with van der Waals surface area (Å²) in [5.41, 5.74) is -0.0222. The quantitative estimate of drug-likeness (QED) is 0.862. The number of halogens is 2. The van der Waals surface area contributed by atoms with Gasteiger partial charge in [0.15, 0.2) is 0 Å². The van der Waals surface area contributed by atoms with Gasteiger partial charge in [-0.2, -0.15) is 10.2 Å². The number of aromatic nitrogens is 4.